The molecule has 0 heteroatoms. The zero-order valence-electron chi connectivity index (χ0n) is 25.3. The van der Waals surface area contributed by atoms with E-state index in [1.54, 1.807) is 0 Å². The number of benzene rings is 9. The normalized spacial score (nSPS) is 11.5. The molecule has 214 valence electrons. The predicted octanol–water partition coefficient (Wildman–Crippen LogP) is 13.0. The Morgan fingerprint density at radius 2 is 0.674 bits per heavy atom. The maximum atomic E-state index is 2.37. The highest BCUT2D eigenvalue weighted by Gasteiger charge is 2.17. The van der Waals surface area contributed by atoms with E-state index >= 15 is 0 Å². The summed E-state index contributed by atoms with van der Waals surface area (Å²) >= 11 is 0. The Balaban J connectivity index is 1.23. The van der Waals surface area contributed by atoms with Crippen LogP contribution in [0.2, 0.25) is 0 Å². The first kappa shape index (κ1) is 26.4. The van der Waals surface area contributed by atoms with Crippen LogP contribution in [0.3, 0.4) is 0 Å². The van der Waals surface area contributed by atoms with Gasteiger partial charge in [-0.15, -0.1) is 0 Å². The van der Waals surface area contributed by atoms with Crippen LogP contribution in [0.15, 0.2) is 182 Å². The maximum absolute atomic E-state index is 2.37. The summed E-state index contributed by atoms with van der Waals surface area (Å²) in [4.78, 5) is 0. The van der Waals surface area contributed by atoms with Crippen LogP contribution in [0, 0.1) is 0 Å². The third kappa shape index (κ3) is 4.38. The third-order valence-corrected chi connectivity index (χ3v) is 9.42. The van der Waals surface area contributed by atoms with Gasteiger partial charge < -0.3 is 0 Å². The summed E-state index contributed by atoms with van der Waals surface area (Å²) in [6.07, 6.45) is 0. The van der Waals surface area contributed by atoms with E-state index in [1.165, 1.54) is 87.6 Å². The molecule has 0 N–H and O–H groups in total. The smallest absolute Gasteiger partial charge is 0.00262 e. The van der Waals surface area contributed by atoms with Gasteiger partial charge in [0.25, 0.3) is 0 Å². The summed E-state index contributed by atoms with van der Waals surface area (Å²) in [6, 6.07) is 66.5. The molecule has 0 heterocycles. The second-order valence-electron chi connectivity index (χ2n) is 12.1. The molecule has 0 bridgehead atoms. The van der Waals surface area contributed by atoms with Gasteiger partial charge in [0.1, 0.15) is 0 Å². The number of hydrogen-bond donors (Lipinski definition) is 0. The Hall–Kier alpha value is -5.98. The summed E-state index contributed by atoms with van der Waals surface area (Å²) in [7, 11) is 0. The van der Waals surface area contributed by atoms with Crippen molar-refractivity contribution in [3.8, 4) is 44.5 Å². The van der Waals surface area contributed by atoms with Gasteiger partial charge in [0.15, 0.2) is 0 Å². The lowest BCUT2D eigenvalue weighted by Crippen LogP contribution is -1.91. The Kier molecular flexibility index (Phi) is 6.25. The van der Waals surface area contributed by atoms with Crippen LogP contribution in [0.5, 0.6) is 0 Å². The largest absolute Gasteiger partial charge is 0.0622 e. The first-order chi connectivity index (χ1) is 22.8. The average molecular weight is 583 g/mol. The lowest BCUT2D eigenvalue weighted by Gasteiger charge is -2.18. The standard InChI is InChI=1S/C46H30/c1-2-12-31(13-3-1)33-16-10-17-37(29-33)45-41-19-6-8-21-43(41)46(44-22-9-7-20-42(44)45)38-27-25-34-28-36(26-24-35(34)30-38)40-23-11-15-32-14-4-5-18-39(32)40/h1-30H. The van der Waals surface area contributed by atoms with E-state index in [0.717, 1.165) is 0 Å². The van der Waals surface area contributed by atoms with Crippen molar-refractivity contribution in [2.75, 3.05) is 0 Å². The van der Waals surface area contributed by atoms with Gasteiger partial charge in [0.2, 0.25) is 0 Å². The van der Waals surface area contributed by atoms with Gasteiger partial charge in [-0.05, 0) is 106 Å². The van der Waals surface area contributed by atoms with Crippen molar-refractivity contribution in [1.29, 1.82) is 0 Å². The van der Waals surface area contributed by atoms with Crippen LogP contribution < -0.4 is 0 Å². The minimum absolute atomic E-state index is 1.23. The van der Waals surface area contributed by atoms with Crippen LogP contribution in [0.25, 0.3) is 87.6 Å². The molecule has 0 saturated carbocycles. The lowest BCUT2D eigenvalue weighted by atomic mass is 9.85. The van der Waals surface area contributed by atoms with E-state index in [2.05, 4.69) is 182 Å². The molecule has 0 aliphatic rings. The van der Waals surface area contributed by atoms with Crippen LogP contribution in [0.1, 0.15) is 0 Å². The molecule has 0 aliphatic carbocycles. The van der Waals surface area contributed by atoms with Crippen LogP contribution in [-0.2, 0) is 0 Å². The Morgan fingerprint density at radius 3 is 1.35 bits per heavy atom. The van der Waals surface area contributed by atoms with Crippen molar-refractivity contribution in [3.05, 3.63) is 182 Å². The Morgan fingerprint density at radius 1 is 0.217 bits per heavy atom. The molecule has 9 rings (SSSR count). The second kappa shape index (κ2) is 10.9. The SMILES string of the molecule is c1ccc(-c2cccc(-c3c4ccccc4c(-c4ccc5cc(-c6cccc7ccccc67)ccc5c4)c4ccccc34)c2)cc1. The fourth-order valence-electron chi connectivity index (χ4n) is 7.28. The second-order valence-corrected chi connectivity index (χ2v) is 12.1. The molecule has 0 saturated heterocycles. The topological polar surface area (TPSA) is 0 Å². The van der Waals surface area contributed by atoms with Crippen molar-refractivity contribution >= 4 is 43.1 Å². The lowest BCUT2D eigenvalue weighted by molar-refractivity contribution is 1.61. The van der Waals surface area contributed by atoms with Gasteiger partial charge in [-0.25, -0.2) is 0 Å². The van der Waals surface area contributed by atoms with E-state index < -0.39 is 0 Å². The molecule has 0 atom stereocenters. The third-order valence-electron chi connectivity index (χ3n) is 9.42. The fraction of sp³-hybridized carbons (Fsp3) is 0. The summed E-state index contributed by atoms with van der Waals surface area (Å²) in [5.41, 5.74) is 10.0. The molecule has 0 aliphatic heterocycles. The van der Waals surface area contributed by atoms with Crippen LogP contribution in [-0.4, -0.2) is 0 Å². The molecule has 9 aromatic carbocycles. The number of fused-ring (bicyclic) bond motifs is 4. The van der Waals surface area contributed by atoms with Gasteiger partial charge in [-0.1, -0.05) is 164 Å². The zero-order valence-corrected chi connectivity index (χ0v) is 25.3. The van der Waals surface area contributed by atoms with Gasteiger partial charge in [0.05, 0.1) is 0 Å². The van der Waals surface area contributed by atoms with Crippen molar-refractivity contribution in [1.82, 2.24) is 0 Å². The quantitative estimate of drug-likeness (QED) is 0.181. The molecular formula is C46H30. The molecule has 0 nitrogen and oxygen atoms in total. The summed E-state index contributed by atoms with van der Waals surface area (Å²) in [5.74, 6) is 0. The van der Waals surface area contributed by atoms with E-state index in [4.69, 9.17) is 0 Å². The highest BCUT2D eigenvalue weighted by Crippen LogP contribution is 2.45. The molecule has 0 fully saturated rings. The predicted molar refractivity (Wildman–Crippen MR) is 198 cm³/mol. The van der Waals surface area contributed by atoms with E-state index in [-0.39, 0.29) is 0 Å². The molecule has 0 aromatic heterocycles. The van der Waals surface area contributed by atoms with E-state index in [1.807, 2.05) is 0 Å². The zero-order chi connectivity index (χ0) is 30.5. The van der Waals surface area contributed by atoms with Gasteiger partial charge in [-0.3, -0.25) is 0 Å². The van der Waals surface area contributed by atoms with E-state index in [9.17, 15) is 0 Å². The molecule has 0 spiro atoms. The summed E-state index contributed by atoms with van der Waals surface area (Å²) in [6.45, 7) is 0. The molecular weight excluding hydrogens is 553 g/mol. The first-order valence-corrected chi connectivity index (χ1v) is 15.9. The van der Waals surface area contributed by atoms with Gasteiger partial charge in [-0.2, -0.15) is 0 Å². The fourth-order valence-corrected chi connectivity index (χ4v) is 7.28. The molecule has 9 aromatic rings. The monoisotopic (exact) mass is 582 g/mol. The summed E-state index contributed by atoms with van der Waals surface area (Å²) < 4.78 is 0. The van der Waals surface area contributed by atoms with Crippen LogP contribution >= 0.6 is 0 Å². The average Bonchev–Trinajstić information content (AvgIpc) is 3.13. The van der Waals surface area contributed by atoms with Crippen LogP contribution in [0.4, 0.5) is 0 Å². The Labute approximate surface area is 268 Å². The minimum atomic E-state index is 1.23. The Bertz CT molecular complexity index is 2510. The molecule has 0 unspecified atom stereocenters. The maximum Gasteiger partial charge on any atom is -0.00262 e. The highest BCUT2D eigenvalue weighted by molar-refractivity contribution is 6.22. The molecule has 46 heavy (non-hydrogen) atoms. The van der Waals surface area contributed by atoms with E-state index in [0.29, 0.717) is 0 Å². The van der Waals surface area contributed by atoms with Gasteiger partial charge >= 0.3 is 0 Å². The molecule has 0 radical (unpaired) electrons. The molecule has 0 amide bonds. The summed E-state index contributed by atoms with van der Waals surface area (Å²) in [5, 5.41) is 10.1. The van der Waals surface area contributed by atoms with Crippen molar-refractivity contribution in [2.24, 2.45) is 0 Å². The number of rotatable bonds is 4. The van der Waals surface area contributed by atoms with Crippen molar-refractivity contribution < 1.29 is 0 Å². The van der Waals surface area contributed by atoms with Gasteiger partial charge in [0, 0.05) is 0 Å². The minimum Gasteiger partial charge on any atom is -0.0622 e. The number of hydrogen-bond acceptors (Lipinski definition) is 0. The van der Waals surface area contributed by atoms with Crippen molar-refractivity contribution in [3.63, 3.8) is 0 Å². The highest BCUT2D eigenvalue weighted by atomic mass is 14.2. The van der Waals surface area contributed by atoms with Crippen molar-refractivity contribution in [2.45, 2.75) is 0 Å². The first-order valence-electron chi connectivity index (χ1n) is 15.9.